The molecule has 132 valence electrons. The van der Waals surface area contributed by atoms with E-state index >= 15 is 4.39 Å². The first-order valence-electron chi connectivity index (χ1n) is 8.68. The number of nitrogens with zero attached hydrogens (tertiary/aromatic N) is 2. The lowest BCUT2D eigenvalue weighted by atomic mass is 9.79. The molecule has 5 heteroatoms. The van der Waals surface area contributed by atoms with E-state index in [0.29, 0.717) is 27.9 Å². The first-order valence-corrected chi connectivity index (χ1v) is 9.06. The van der Waals surface area contributed by atoms with Crippen LogP contribution in [0.25, 0.3) is 11.3 Å². The second-order valence-electron chi connectivity index (χ2n) is 6.48. The van der Waals surface area contributed by atoms with E-state index in [0.717, 1.165) is 24.0 Å². The van der Waals surface area contributed by atoms with E-state index in [1.165, 1.54) is 6.42 Å². The van der Waals surface area contributed by atoms with E-state index in [9.17, 15) is 0 Å². The fourth-order valence-electron chi connectivity index (χ4n) is 3.13. The van der Waals surface area contributed by atoms with Crippen molar-refractivity contribution in [3.63, 3.8) is 0 Å². The maximum atomic E-state index is 15.3. The lowest BCUT2D eigenvalue weighted by Crippen LogP contribution is -2.12. The third-order valence-corrected chi connectivity index (χ3v) is 5.06. The van der Waals surface area contributed by atoms with Crippen LogP contribution in [-0.2, 0) is 6.61 Å². The van der Waals surface area contributed by atoms with Gasteiger partial charge in [-0.15, -0.1) is 0 Å². The standard InChI is InChI=1S/C21H18ClFN2O/c22-16-6-4-14(5-7-16)13-26-21-17(15-2-1-3-15)8-9-18(20(21)23)19-12-24-10-11-25-19/h4-12,15H,1-3,13H2. The van der Waals surface area contributed by atoms with Crippen molar-refractivity contribution in [2.24, 2.45) is 0 Å². The SMILES string of the molecule is Fc1c(-c2cnccn2)ccc(C2CCC2)c1OCc1ccc(Cl)cc1. The van der Waals surface area contributed by atoms with Crippen LogP contribution in [0.3, 0.4) is 0 Å². The summed E-state index contributed by atoms with van der Waals surface area (Å²) >= 11 is 5.92. The molecule has 26 heavy (non-hydrogen) atoms. The highest BCUT2D eigenvalue weighted by atomic mass is 35.5. The maximum Gasteiger partial charge on any atom is 0.174 e. The van der Waals surface area contributed by atoms with Gasteiger partial charge in [0.2, 0.25) is 0 Å². The summed E-state index contributed by atoms with van der Waals surface area (Å²) in [6.07, 6.45) is 8.01. The Morgan fingerprint density at radius 1 is 1.08 bits per heavy atom. The van der Waals surface area contributed by atoms with Crippen LogP contribution in [0, 0.1) is 5.82 Å². The fraction of sp³-hybridized carbons (Fsp3) is 0.238. The second-order valence-corrected chi connectivity index (χ2v) is 6.92. The van der Waals surface area contributed by atoms with Gasteiger partial charge in [-0.1, -0.05) is 36.2 Å². The summed E-state index contributed by atoms with van der Waals surface area (Å²) in [6, 6.07) is 11.1. The van der Waals surface area contributed by atoms with Crippen LogP contribution in [0.1, 0.15) is 36.3 Å². The Bertz CT molecular complexity index is 896. The van der Waals surface area contributed by atoms with Crippen molar-refractivity contribution in [2.75, 3.05) is 0 Å². The van der Waals surface area contributed by atoms with Crippen LogP contribution >= 0.6 is 11.6 Å². The van der Waals surface area contributed by atoms with E-state index in [1.54, 1.807) is 36.8 Å². The molecule has 1 aliphatic rings. The van der Waals surface area contributed by atoms with Gasteiger partial charge >= 0.3 is 0 Å². The molecule has 1 aliphatic carbocycles. The van der Waals surface area contributed by atoms with E-state index in [4.69, 9.17) is 16.3 Å². The Labute approximate surface area is 156 Å². The molecule has 1 aromatic heterocycles. The number of halogens is 2. The largest absolute Gasteiger partial charge is 0.486 e. The highest BCUT2D eigenvalue weighted by Gasteiger charge is 2.26. The average molecular weight is 369 g/mol. The summed E-state index contributed by atoms with van der Waals surface area (Å²) in [6.45, 7) is 0.289. The zero-order valence-electron chi connectivity index (χ0n) is 14.2. The highest BCUT2D eigenvalue weighted by Crippen LogP contribution is 2.43. The van der Waals surface area contributed by atoms with E-state index in [2.05, 4.69) is 9.97 Å². The molecule has 0 atom stereocenters. The third kappa shape index (κ3) is 3.42. The van der Waals surface area contributed by atoms with Crippen LogP contribution in [0.15, 0.2) is 55.0 Å². The number of rotatable bonds is 5. The number of benzene rings is 2. The second kappa shape index (κ2) is 7.42. The fourth-order valence-corrected chi connectivity index (χ4v) is 3.26. The minimum atomic E-state index is -0.371. The van der Waals surface area contributed by atoms with Gasteiger partial charge in [-0.25, -0.2) is 4.39 Å². The number of ether oxygens (including phenoxy) is 1. The highest BCUT2D eigenvalue weighted by molar-refractivity contribution is 6.30. The first kappa shape index (κ1) is 17.0. The normalized spacial score (nSPS) is 14.1. The van der Waals surface area contributed by atoms with Gasteiger partial charge in [0.15, 0.2) is 11.6 Å². The van der Waals surface area contributed by atoms with Gasteiger partial charge in [0.25, 0.3) is 0 Å². The van der Waals surface area contributed by atoms with E-state index in [1.807, 2.05) is 18.2 Å². The number of hydrogen-bond acceptors (Lipinski definition) is 3. The van der Waals surface area contributed by atoms with Gasteiger partial charge in [-0.2, -0.15) is 0 Å². The minimum absolute atomic E-state index is 0.289. The van der Waals surface area contributed by atoms with Crippen LogP contribution < -0.4 is 4.74 Å². The van der Waals surface area contributed by atoms with Crippen LogP contribution in [0.4, 0.5) is 4.39 Å². The summed E-state index contributed by atoms with van der Waals surface area (Å²) in [5.74, 6) is 0.317. The van der Waals surface area contributed by atoms with Crippen molar-refractivity contribution in [2.45, 2.75) is 31.8 Å². The van der Waals surface area contributed by atoms with Crippen LogP contribution in [0.2, 0.25) is 5.02 Å². The Hall–Kier alpha value is -2.46. The Morgan fingerprint density at radius 3 is 2.54 bits per heavy atom. The summed E-state index contributed by atoms with van der Waals surface area (Å²) in [7, 11) is 0. The first-order chi connectivity index (χ1) is 12.7. The topological polar surface area (TPSA) is 35.0 Å². The molecule has 0 N–H and O–H groups in total. The molecule has 4 rings (SSSR count). The zero-order chi connectivity index (χ0) is 17.9. The predicted molar refractivity (Wildman–Crippen MR) is 99.8 cm³/mol. The molecule has 3 aromatic rings. The van der Waals surface area contributed by atoms with Crippen molar-refractivity contribution in [1.29, 1.82) is 0 Å². The lowest BCUT2D eigenvalue weighted by molar-refractivity contribution is 0.279. The molecule has 2 aromatic carbocycles. The van der Waals surface area contributed by atoms with Crippen molar-refractivity contribution in [3.05, 3.63) is 77.0 Å². The molecule has 0 bridgehead atoms. The van der Waals surface area contributed by atoms with Crippen molar-refractivity contribution in [1.82, 2.24) is 9.97 Å². The molecular weight excluding hydrogens is 351 g/mol. The number of aromatic nitrogens is 2. The molecule has 3 nitrogen and oxygen atoms in total. The average Bonchev–Trinajstić information content (AvgIpc) is 2.62. The smallest absolute Gasteiger partial charge is 0.174 e. The molecular formula is C21H18ClFN2O. The molecule has 0 radical (unpaired) electrons. The van der Waals surface area contributed by atoms with Gasteiger partial charge in [0.05, 0.1) is 11.9 Å². The van der Waals surface area contributed by atoms with Crippen molar-refractivity contribution < 1.29 is 9.13 Å². The lowest BCUT2D eigenvalue weighted by Gasteiger charge is -2.28. The molecule has 1 heterocycles. The number of hydrogen-bond donors (Lipinski definition) is 0. The van der Waals surface area contributed by atoms with Crippen molar-refractivity contribution >= 4 is 11.6 Å². The molecule has 0 aliphatic heterocycles. The molecule has 1 saturated carbocycles. The van der Waals surface area contributed by atoms with Gasteiger partial charge < -0.3 is 4.74 Å². The van der Waals surface area contributed by atoms with E-state index < -0.39 is 0 Å². The van der Waals surface area contributed by atoms with Gasteiger partial charge in [0, 0.05) is 28.5 Å². The summed E-state index contributed by atoms with van der Waals surface area (Å²) < 4.78 is 21.2. The van der Waals surface area contributed by atoms with E-state index in [-0.39, 0.29) is 12.4 Å². The van der Waals surface area contributed by atoms with Crippen LogP contribution in [-0.4, -0.2) is 9.97 Å². The molecule has 0 saturated heterocycles. The molecule has 0 unspecified atom stereocenters. The monoisotopic (exact) mass is 368 g/mol. The Morgan fingerprint density at radius 2 is 1.88 bits per heavy atom. The quantitative estimate of drug-likeness (QED) is 0.572. The minimum Gasteiger partial charge on any atom is -0.486 e. The molecule has 0 spiro atoms. The van der Waals surface area contributed by atoms with Gasteiger partial charge in [0.1, 0.15) is 6.61 Å². The summed E-state index contributed by atoms with van der Waals surface area (Å²) in [5.41, 5.74) is 2.79. The van der Waals surface area contributed by atoms with Crippen molar-refractivity contribution in [3.8, 4) is 17.0 Å². The van der Waals surface area contributed by atoms with Crippen LogP contribution in [0.5, 0.6) is 5.75 Å². The predicted octanol–water partition coefficient (Wildman–Crippen LogP) is 5.78. The Kier molecular flexibility index (Phi) is 4.85. The maximum absolute atomic E-state index is 15.3. The van der Waals surface area contributed by atoms with Gasteiger partial charge in [-0.05, 0) is 42.5 Å². The Balaban J connectivity index is 1.68. The third-order valence-electron chi connectivity index (χ3n) is 4.81. The molecule has 0 amide bonds. The summed E-state index contributed by atoms with van der Waals surface area (Å²) in [5, 5.41) is 0.666. The van der Waals surface area contributed by atoms with Gasteiger partial charge in [-0.3, -0.25) is 9.97 Å². The zero-order valence-corrected chi connectivity index (χ0v) is 14.9. The summed E-state index contributed by atoms with van der Waals surface area (Å²) in [4.78, 5) is 8.25. The molecule has 1 fully saturated rings.